The second-order valence-corrected chi connectivity index (χ2v) is 4.69. The molecule has 1 aromatic carbocycles. The van der Waals surface area contributed by atoms with Crippen molar-refractivity contribution in [2.45, 2.75) is 12.6 Å². The van der Waals surface area contributed by atoms with Crippen molar-refractivity contribution in [1.29, 1.82) is 0 Å². The Bertz CT molecular complexity index is 625. The maximum Gasteiger partial charge on any atom is 0.416 e. The summed E-state index contributed by atoms with van der Waals surface area (Å²) in [7, 11) is 0. The Kier molecular flexibility index (Phi) is 6.44. The molecule has 9 heteroatoms. The van der Waals surface area contributed by atoms with Crippen LogP contribution in [0.2, 0.25) is 0 Å². The van der Waals surface area contributed by atoms with E-state index in [1.165, 1.54) is 12.1 Å². The zero-order chi connectivity index (χ0) is 16.2. The summed E-state index contributed by atoms with van der Waals surface area (Å²) in [5, 5.41) is 0. The lowest BCUT2D eigenvalue weighted by Crippen LogP contribution is -2.40. The topological polar surface area (TPSA) is 80.0 Å². The molecule has 0 aliphatic carbocycles. The molecule has 0 radical (unpaired) electrons. The Labute approximate surface area is 138 Å². The quantitative estimate of drug-likeness (QED) is 0.465. The molecule has 23 heavy (non-hydrogen) atoms. The van der Waals surface area contributed by atoms with Crippen LogP contribution in [0.4, 0.5) is 18.9 Å². The van der Waals surface area contributed by atoms with Crippen molar-refractivity contribution in [1.82, 2.24) is 4.90 Å². The van der Waals surface area contributed by atoms with Gasteiger partial charge in [-0.15, -0.1) is 12.4 Å². The molecule has 0 aromatic heterocycles. The van der Waals surface area contributed by atoms with Gasteiger partial charge in [0.05, 0.1) is 11.3 Å². The van der Waals surface area contributed by atoms with Crippen molar-refractivity contribution in [2.24, 2.45) is 21.5 Å². The van der Waals surface area contributed by atoms with Crippen molar-refractivity contribution < 1.29 is 13.2 Å². The number of benzene rings is 1. The fourth-order valence-corrected chi connectivity index (χ4v) is 1.95. The van der Waals surface area contributed by atoms with Crippen LogP contribution in [-0.2, 0) is 6.18 Å². The van der Waals surface area contributed by atoms with E-state index in [4.69, 9.17) is 11.5 Å². The summed E-state index contributed by atoms with van der Waals surface area (Å²) in [6.07, 6.45) is 0.402. The number of nitrogens with zero attached hydrogens (tertiary/aromatic N) is 3. The van der Waals surface area contributed by atoms with Crippen molar-refractivity contribution in [3.63, 3.8) is 0 Å². The zero-order valence-electron chi connectivity index (χ0n) is 12.1. The number of guanidine groups is 2. The Morgan fingerprint density at radius 2 is 1.91 bits per heavy atom. The first-order valence-electron chi connectivity index (χ1n) is 6.62. The molecule has 1 aliphatic rings. The van der Waals surface area contributed by atoms with Crippen LogP contribution in [0.5, 0.6) is 0 Å². The van der Waals surface area contributed by atoms with Crippen LogP contribution in [-0.4, -0.2) is 29.9 Å². The highest BCUT2D eigenvalue weighted by Crippen LogP contribution is 2.31. The van der Waals surface area contributed by atoms with Crippen LogP contribution in [0.25, 0.3) is 0 Å². The molecule has 0 bridgehead atoms. The lowest BCUT2D eigenvalue weighted by atomic mass is 10.2. The van der Waals surface area contributed by atoms with E-state index in [9.17, 15) is 13.2 Å². The van der Waals surface area contributed by atoms with Gasteiger partial charge in [-0.1, -0.05) is 18.2 Å². The largest absolute Gasteiger partial charge is 0.416 e. The first-order valence-corrected chi connectivity index (χ1v) is 6.62. The van der Waals surface area contributed by atoms with Gasteiger partial charge in [-0.05, 0) is 24.6 Å². The van der Waals surface area contributed by atoms with Gasteiger partial charge >= 0.3 is 6.18 Å². The molecule has 1 aromatic rings. The van der Waals surface area contributed by atoms with Gasteiger partial charge in [0.25, 0.3) is 0 Å². The van der Waals surface area contributed by atoms with Gasteiger partial charge in [0.2, 0.25) is 5.96 Å². The van der Waals surface area contributed by atoms with Crippen molar-refractivity contribution in [3.8, 4) is 0 Å². The third-order valence-electron chi connectivity index (χ3n) is 3.03. The average Bonchev–Trinajstić information content (AvgIpc) is 2.47. The molecule has 2 rings (SSSR count). The number of hydrogen-bond acceptors (Lipinski definition) is 1. The summed E-state index contributed by atoms with van der Waals surface area (Å²) < 4.78 is 37.9. The van der Waals surface area contributed by atoms with Crippen LogP contribution >= 0.6 is 12.4 Å². The van der Waals surface area contributed by atoms with Gasteiger partial charge in [0, 0.05) is 13.1 Å². The molecular formula is C14H17ClF3N5. The molecule has 5 nitrogen and oxygen atoms in total. The normalized spacial score (nSPS) is 16.2. The predicted molar refractivity (Wildman–Crippen MR) is 86.9 cm³/mol. The Balaban J connectivity index is 0.00000264. The van der Waals surface area contributed by atoms with Gasteiger partial charge in [-0.3, -0.25) is 0 Å². The fourth-order valence-electron chi connectivity index (χ4n) is 1.95. The highest BCUT2D eigenvalue weighted by atomic mass is 35.5. The number of nitrogens with two attached hydrogens (primary N) is 2. The minimum atomic E-state index is -4.43. The minimum absolute atomic E-state index is 0. The lowest BCUT2D eigenvalue weighted by molar-refractivity contribution is -0.137. The van der Waals surface area contributed by atoms with Crippen LogP contribution in [0.15, 0.2) is 46.4 Å². The molecule has 0 saturated carbocycles. The third kappa shape index (κ3) is 5.48. The fraction of sp³-hybridized carbons (Fsp3) is 0.286. The monoisotopic (exact) mass is 347 g/mol. The van der Waals surface area contributed by atoms with Crippen molar-refractivity contribution in [3.05, 3.63) is 42.0 Å². The maximum absolute atomic E-state index is 12.6. The van der Waals surface area contributed by atoms with E-state index >= 15 is 0 Å². The summed E-state index contributed by atoms with van der Waals surface area (Å²) in [4.78, 5) is 9.57. The van der Waals surface area contributed by atoms with Crippen LogP contribution < -0.4 is 11.5 Å². The molecule has 0 fully saturated rings. The van der Waals surface area contributed by atoms with E-state index in [1.807, 2.05) is 12.2 Å². The molecule has 126 valence electrons. The second-order valence-electron chi connectivity index (χ2n) is 4.69. The van der Waals surface area contributed by atoms with E-state index in [-0.39, 0.29) is 30.0 Å². The van der Waals surface area contributed by atoms with Gasteiger partial charge in [-0.25, -0.2) is 4.99 Å². The van der Waals surface area contributed by atoms with Gasteiger partial charge in [-0.2, -0.15) is 18.2 Å². The second kappa shape index (κ2) is 7.87. The van der Waals surface area contributed by atoms with E-state index in [0.29, 0.717) is 13.1 Å². The molecule has 0 amide bonds. The standard InChI is InChI=1S/C14H16F3N5.ClH/c15-14(16,17)10-5-4-6-11(9-10)20-12(18)21-13(19)22-7-2-1-3-8-22;/h1-2,4-6,9H,3,7-8H2,(H4,18,19,20,21);1H. The number of alkyl halides is 3. The molecular weight excluding hydrogens is 331 g/mol. The lowest BCUT2D eigenvalue weighted by Gasteiger charge is -2.23. The molecule has 1 aliphatic heterocycles. The molecule has 4 N–H and O–H groups in total. The SMILES string of the molecule is Cl.NC(=Nc1cccc(C(F)(F)F)c1)N=C(N)N1CC=CCC1. The molecule has 0 saturated heterocycles. The number of aliphatic imine (C=N–C) groups is 2. The first-order chi connectivity index (χ1) is 10.4. The summed E-state index contributed by atoms with van der Waals surface area (Å²) in [5.74, 6) is 0.00366. The minimum Gasteiger partial charge on any atom is -0.369 e. The molecule has 0 unspecified atom stereocenters. The molecule has 1 heterocycles. The third-order valence-corrected chi connectivity index (χ3v) is 3.03. The van der Waals surface area contributed by atoms with Crippen LogP contribution in [0, 0.1) is 0 Å². The molecule has 0 atom stereocenters. The smallest absolute Gasteiger partial charge is 0.369 e. The number of hydrogen-bond donors (Lipinski definition) is 2. The van der Waals surface area contributed by atoms with Crippen LogP contribution in [0.3, 0.4) is 0 Å². The highest BCUT2D eigenvalue weighted by Gasteiger charge is 2.30. The Morgan fingerprint density at radius 1 is 1.17 bits per heavy atom. The first kappa shape index (κ1) is 18.8. The molecule has 0 spiro atoms. The Hall–Kier alpha value is -2.22. The van der Waals surface area contributed by atoms with E-state index in [1.54, 1.807) is 4.90 Å². The van der Waals surface area contributed by atoms with Gasteiger partial charge in [0.1, 0.15) is 0 Å². The van der Waals surface area contributed by atoms with Crippen LogP contribution in [0.1, 0.15) is 12.0 Å². The summed E-state index contributed by atoms with van der Waals surface area (Å²) >= 11 is 0. The van der Waals surface area contributed by atoms with E-state index in [0.717, 1.165) is 18.6 Å². The maximum atomic E-state index is 12.6. The highest BCUT2D eigenvalue weighted by molar-refractivity contribution is 5.94. The zero-order valence-corrected chi connectivity index (χ0v) is 12.9. The summed E-state index contributed by atoms with van der Waals surface area (Å²) in [5.41, 5.74) is 10.7. The van der Waals surface area contributed by atoms with Gasteiger partial charge < -0.3 is 16.4 Å². The van der Waals surface area contributed by atoms with Crippen molar-refractivity contribution in [2.75, 3.05) is 13.1 Å². The average molecular weight is 348 g/mol. The number of halogens is 4. The number of rotatable bonds is 1. The van der Waals surface area contributed by atoms with E-state index in [2.05, 4.69) is 9.98 Å². The van der Waals surface area contributed by atoms with Crippen molar-refractivity contribution >= 4 is 30.0 Å². The summed E-state index contributed by atoms with van der Waals surface area (Å²) in [6.45, 7) is 1.33. The summed E-state index contributed by atoms with van der Waals surface area (Å²) in [6, 6.07) is 4.55. The predicted octanol–water partition coefficient (Wildman–Crippen LogP) is 2.65. The Morgan fingerprint density at radius 3 is 2.52 bits per heavy atom. The van der Waals surface area contributed by atoms with E-state index < -0.39 is 11.7 Å². The van der Waals surface area contributed by atoms with Gasteiger partial charge in [0.15, 0.2) is 5.96 Å².